The van der Waals surface area contributed by atoms with Crippen LogP contribution in [0.25, 0.3) is 0 Å². The van der Waals surface area contributed by atoms with Gasteiger partial charge in [0.05, 0.1) is 11.2 Å². The van der Waals surface area contributed by atoms with Gasteiger partial charge in [-0.2, -0.15) is 0 Å². The fraction of sp³-hybridized carbons (Fsp3) is 0.643. The molecule has 0 radical (unpaired) electrons. The minimum Gasteiger partial charge on any atom is -0.351 e. The zero-order chi connectivity index (χ0) is 15.1. The van der Waals surface area contributed by atoms with Crippen molar-refractivity contribution >= 4 is 17.5 Å². The molecule has 1 aromatic rings. The van der Waals surface area contributed by atoms with Gasteiger partial charge in [-0.05, 0) is 33.5 Å². The molecule has 1 amide bonds. The summed E-state index contributed by atoms with van der Waals surface area (Å²) in [6.45, 7) is 5.60. The quantitative estimate of drug-likeness (QED) is 0.785. The summed E-state index contributed by atoms with van der Waals surface area (Å²) in [5.41, 5.74) is 0.262. The summed E-state index contributed by atoms with van der Waals surface area (Å²) >= 11 is 5.98. The van der Waals surface area contributed by atoms with Crippen LogP contribution in [0.4, 0.5) is 0 Å². The molecule has 1 aromatic heterocycles. The molecule has 0 aliphatic heterocycles. The number of nitrogens with zero attached hydrogens (tertiary/aromatic N) is 3. The SMILES string of the molecule is CC(C)c1ncc(Cl)c(C(=O)NCCCCN(C)C)n1. The number of unbranched alkanes of at least 4 members (excludes halogenated alkanes) is 1. The average molecular weight is 299 g/mol. The molecule has 0 saturated heterocycles. The predicted molar refractivity (Wildman–Crippen MR) is 81.3 cm³/mol. The zero-order valence-electron chi connectivity index (χ0n) is 12.6. The van der Waals surface area contributed by atoms with Gasteiger partial charge in [-0.3, -0.25) is 4.79 Å². The summed E-state index contributed by atoms with van der Waals surface area (Å²) in [7, 11) is 4.07. The van der Waals surface area contributed by atoms with Gasteiger partial charge in [0.2, 0.25) is 0 Å². The Morgan fingerprint density at radius 3 is 2.70 bits per heavy atom. The molecule has 0 saturated carbocycles. The molecule has 0 atom stereocenters. The molecule has 1 rings (SSSR count). The Hall–Kier alpha value is -1.20. The minimum atomic E-state index is -0.232. The highest BCUT2D eigenvalue weighted by Gasteiger charge is 2.14. The maximum Gasteiger partial charge on any atom is 0.271 e. The number of aromatic nitrogens is 2. The highest BCUT2D eigenvalue weighted by molar-refractivity contribution is 6.33. The van der Waals surface area contributed by atoms with Crippen molar-refractivity contribution in [2.75, 3.05) is 27.2 Å². The normalized spacial score (nSPS) is 11.2. The Morgan fingerprint density at radius 1 is 1.40 bits per heavy atom. The highest BCUT2D eigenvalue weighted by atomic mass is 35.5. The highest BCUT2D eigenvalue weighted by Crippen LogP contribution is 2.16. The fourth-order valence-corrected chi connectivity index (χ4v) is 1.83. The summed E-state index contributed by atoms with van der Waals surface area (Å²) in [4.78, 5) is 22.5. The third-order valence-electron chi connectivity index (χ3n) is 2.81. The lowest BCUT2D eigenvalue weighted by atomic mass is 10.2. The van der Waals surface area contributed by atoms with Crippen molar-refractivity contribution in [2.24, 2.45) is 0 Å². The Balaban J connectivity index is 2.52. The first-order valence-electron chi connectivity index (χ1n) is 6.87. The predicted octanol–water partition coefficient (Wildman–Crippen LogP) is 2.33. The Labute approximate surface area is 125 Å². The smallest absolute Gasteiger partial charge is 0.271 e. The van der Waals surface area contributed by atoms with Gasteiger partial charge in [0.15, 0.2) is 0 Å². The van der Waals surface area contributed by atoms with Crippen LogP contribution in [0.5, 0.6) is 0 Å². The maximum atomic E-state index is 12.0. The van der Waals surface area contributed by atoms with Gasteiger partial charge in [-0.1, -0.05) is 25.4 Å². The van der Waals surface area contributed by atoms with E-state index in [0.717, 1.165) is 19.4 Å². The van der Waals surface area contributed by atoms with Crippen LogP contribution in [0.2, 0.25) is 5.02 Å². The van der Waals surface area contributed by atoms with Crippen molar-refractivity contribution in [3.8, 4) is 0 Å². The largest absolute Gasteiger partial charge is 0.351 e. The molecule has 6 heteroatoms. The summed E-state index contributed by atoms with van der Waals surface area (Å²) in [6, 6.07) is 0. The Kier molecular flexibility index (Phi) is 6.88. The van der Waals surface area contributed by atoms with E-state index in [9.17, 15) is 4.79 Å². The van der Waals surface area contributed by atoms with E-state index in [2.05, 4.69) is 20.2 Å². The molecule has 20 heavy (non-hydrogen) atoms. The number of amides is 1. The van der Waals surface area contributed by atoms with Crippen molar-refractivity contribution in [2.45, 2.75) is 32.6 Å². The molecule has 0 aliphatic carbocycles. The lowest BCUT2D eigenvalue weighted by Crippen LogP contribution is -2.27. The van der Waals surface area contributed by atoms with Crippen LogP contribution >= 0.6 is 11.6 Å². The molecule has 1 N–H and O–H groups in total. The monoisotopic (exact) mass is 298 g/mol. The van der Waals surface area contributed by atoms with E-state index in [0.29, 0.717) is 17.4 Å². The van der Waals surface area contributed by atoms with Gasteiger partial charge >= 0.3 is 0 Å². The molecular formula is C14H23ClN4O. The third-order valence-corrected chi connectivity index (χ3v) is 3.09. The van der Waals surface area contributed by atoms with E-state index >= 15 is 0 Å². The lowest BCUT2D eigenvalue weighted by Gasteiger charge is -2.10. The second kappa shape index (κ2) is 8.17. The fourth-order valence-electron chi connectivity index (χ4n) is 1.66. The second-order valence-corrected chi connectivity index (χ2v) is 5.75. The Morgan fingerprint density at radius 2 is 2.10 bits per heavy atom. The lowest BCUT2D eigenvalue weighted by molar-refractivity contribution is 0.0947. The Bertz CT molecular complexity index is 449. The zero-order valence-corrected chi connectivity index (χ0v) is 13.4. The van der Waals surface area contributed by atoms with E-state index in [1.165, 1.54) is 6.20 Å². The molecule has 0 fully saturated rings. The topological polar surface area (TPSA) is 58.1 Å². The van der Waals surface area contributed by atoms with Crippen LogP contribution in [-0.2, 0) is 0 Å². The first kappa shape index (κ1) is 16.9. The van der Waals surface area contributed by atoms with E-state index in [1.54, 1.807) is 0 Å². The molecule has 0 aliphatic rings. The molecule has 1 heterocycles. The van der Waals surface area contributed by atoms with Gasteiger partial charge < -0.3 is 10.2 Å². The molecular weight excluding hydrogens is 276 g/mol. The first-order valence-corrected chi connectivity index (χ1v) is 7.25. The molecule has 0 unspecified atom stereocenters. The van der Waals surface area contributed by atoms with Gasteiger partial charge in [-0.25, -0.2) is 9.97 Å². The number of nitrogens with one attached hydrogen (secondary N) is 1. The van der Waals surface area contributed by atoms with Gasteiger partial charge in [0, 0.05) is 12.5 Å². The molecule has 5 nitrogen and oxygen atoms in total. The van der Waals surface area contributed by atoms with Gasteiger partial charge in [0.1, 0.15) is 11.5 Å². The first-order chi connectivity index (χ1) is 9.41. The van der Waals surface area contributed by atoms with E-state index < -0.39 is 0 Å². The van der Waals surface area contributed by atoms with Crippen molar-refractivity contribution in [1.82, 2.24) is 20.2 Å². The number of carbonyl (C=O) groups is 1. The van der Waals surface area contributed by atoms with Crippen LogP contribution in [0.1, 0.15) is 48.9 Å². The summed E-state index contributed by atoms with van der Waals surface area (Å²) in [5.74, 6) is 0.565. The van der Waals surface area contributed by atoms with Crippen molar-refractivity contribution in [3.63, 3.8) is 0 Å². The summed E-state index contributed by atoms with van der Waals surface area (Å²) in [5, 5.41) is 3.14. The molecule has 0 aromatic carbocycles. The van der Waals surface area contributed by atoms with Crippen LogP contribution in [0.15, 0.2) is 6.20 Å². The maximum absolute atomic E-state index is 12.0. The van der Waals surface area contributed by atoms with Crippen molar-refractivity contribution in [1.29, 1.82) is 0 Å². The minimum absolute atomic E-state index is 0.166. The number of halogens is 1. The van der Waals surface area contributed by atoms with E-state index in [4.69, 9.17) is 11.6 Å². The number of carbonyl (C=O) groups excluding carboxylic acids is 1. The van der Waals surface area contributed by atoms with Gasteiger partial charge in [-0.15, -0.1) is 0 Å². The number of hydrogen-bond acceptors (Lipinski definition) is 4. The molecule has 0 spiro atoms. The van der Waals surface area contributed by atoms with Gasteiger partial charge in [0.25, 0.3) is 5.91 Å². The van der Waals surface area contributed by atoms with Crippen LogP contribution in [0, 0.1) is 0 Å². The van der Waals surface area contributed by atoms with Crippen LogP contribution < -0.4 is 5.32 Å². The van der Waals surface area contributed by atoms with Crippen molar-refractivity contribution < 1.29 is 4.79 Å². The standard InChI is InChI=1S/C14H23ClN4O/c1-10(2)13-17-9-11(15)12(18-13)14(20)16-7-5-6-8-19(3)4/h9-10H,5-8H2,1-4H3,(H,16,20). The van der Waals surface area contributed by atoms with Crippen molar-refractivity contribution in [3.05, 3.63) is 22.7 Å². The molecule has 112 valence electrons. The van der Waals surface area contributed by atoms with E-state index in [-0.39, 0.29) is 17.5 Å². The van der Waals surface area contributed by atoms with E-state index in [1.807, 2.05) is 27.9 Å². The second-order valence-electron chi connectivity index (χ2n) is 5.35. The summed E-state index contributed by atoms with van der Waals surface area (Å²) in [6.07, 6.45) is 3.47. The average Bonchev–Trinajstić information content (AvgIpc) is 2.37. The van der Waals surface area contributed by atoms with Crippen LogP contribution in [0.3, 0.4) is 0 Å². The third kappa shape index (κ3) is 5.43. The molecule has 0 bridgehead atoms. The number of rotatable bonds is 7. The summed E-state index contributed by atoms with van der Waals surface area (Å²) < 4.78 is 0. The van der Waals surface area contributed by atoms with Crippen LogP contribution in [-0.4, -0.2) is 48.0 Å². The number of hydrogen-bond donors (Lipinski definition) is 1.